The lowest BCUT2D eigenvalue weighted by molar-refractivity contribution is 0.0613. The van der Waals surface area contributed by atoms with E-state index >= 15 is 0 Å². The zero-order chi connectivity index (χ0) is 21.5. The van der Waals surface area contributed by atoms with Gasteiger partial charge < -0.3 is 28.7 Å². The summed E-state index contributed by atoms with van der Waals surface area (Å²) in [4.78, 5) is 35.3. The predicted octanol–water partition coefficient (Wildman–Crippen LogP) is 1.43. The molecule has 0 aliphatic carbocycles. The topological polar surface area (TPSA) is 180 Å². The van der Waals surface area contributed by atoms with E-state index in [-0.39, 0.29) is 24.3 Å². The SMILES string of the molecule is CC(C)(CC[S+]([O-])CCC[S+]([O-])CCC(C)(C)OP(=O)(O)O)OP(=O)(O)O. The van der Waals surface area contributed by atoms with Gasteiger partial charge in [0.05, 0.1) is 11.2 Å². The summed E-state index contributed by atoms with van der Waals surface area (Å²) in [5.41, 5.74) is -2.22. The summed E-state index contributed by atoms with van der Waals surface area (Å²) in [5.74, 6) is 0.978. The fourth-order valence-electron chi connectivity index (χ4n) is 2.04. The lowest BCUT2D eigenvalue weighted by Gasteiger charge is -2.26. The van der Waals surface area contributed by atoms with E-state index in [1.54, 1.807) is 0 Å². The quantitative estimate of drug-likeness (QED) is 0.213. The maximum atomic E-state index is 12.0. The highest BCUT2D eigenvalue weighted by Gasteiger charge is 2.31. The number of hydrogen-bond acceptors (Lipinski definition) is 6. The number of phosphoric acid groups is 2. The van der Waals surface area contributed by atoms with Crippen molar-refractivity contribution in [1.29, 1.82) is 0 Å². The number of rotatable bonds is 14. The van der Waals surface area contributed by atoms with Crippen LogP contribution in [-0.4, -0.2) is 62.9 Å². The minimum absolute atomic E-state index is 0.196. The smallest absolute Gasteiger partial charge is 0.470 e. The first-order chi connectivity index (χ1) is 11.9. The van der Waals surface area contributed by atoms with Crippen molar-refractivity contribution in [1.82, 2.24) is 0 Å². The van der Waals surface area contributed by atoms with Crippen LogP contribution < -0.4 is 0 Å². The van der Waals surface area contributed by atoms with Crippen LogP contribution in [0, 0.1) is 0 Å². The van der Waals surface area contributed by atoms with Crippen molar-refractivity contribution in [3.05, 3.63) is 0 Å². The fourth-order valence-corrected chi connectivity index (χ4v) is 6.47. The Balaban J connectivity index is 4.08. The molecule has 0 aliphatic rings. The van der Waals surface area contributed by atoms with E-state index in [1.165, 1.54) is 27.7 Å². The second-order valence-corrected chi connectivity index (χ2v) is 13.0. The Labute approximate surface area is 166 Å². The molecule has 2 atom stereocenters. The van der Waals surface area contributed by atoms with Gasteiger partial charge in [-0.3, -0.25) is 9.05 Å². The molecule has 0 rings (SSSR count). The van der Waals surface area contributed by atoms with Gasteiger partial charge in [0, 0.05) is 19.3 Å². The summed E-state index contributed by atoms with van der Waals surface area (Å²) in [5, 5.41) is 0. The van der Waals surface area contributed by atoms with Crippen molar-refractivity contribution in [3.8, 4) is 0 Å². The molecular formula is C13H30O10P2S2. The van der Waals surface area contributed by atoms with E-state index in [0.717, 1.165) is 0 Å². The van der Waals surface area contributed by atoms with Crippen LogP contribution in [0.15, 0.2) is 0 Å². The molecule has 0 bridgehead atoms. The van der Waals surface area contributed by atoms with E-state index in [2.05, 4.69) is 9.05 Å². The molecule has 27 heavy (non-hydrogen) atoms. The van der Waals surface area contributed by atoms with Crippen molar-refractivity contribution >= 4 is 38.0 Å². The Bertz CT molecular complexity index is 487. The monoisotopic (exact) mass is 472 g/mol. The van der Waals surface area contributed by atoms with Crippen molar-refractivity contribution in [2.75, 3.05) is 23.0 Å². The molecule has 0 saturated carbocycles. The fraction of sp³-hybridized carbons (Fsp3) is 1.00. The van der Waals surface area contributed by atoms with E-state index in [4.69, 9.17) is 19.6 Å². The first-order valence-corrected chi connectivity index (χ1v) is 14.2. The first-order valence-electron chi connectivity index (χ1n) is 8.13. The highest BCUT2D eigenvalue weighted by molar-refractivity contribution is 7.92. The molecule has 164 valence electrons. The summed E-state index contributed by atoms with van der Waals surface area (Å²) in [7, 11) is -9.23. The summed E-state index contributed by atoms with van der Waals surface area (Å²) < 4.78 is 54.9. The van der Waals surface area contributed by atoms with Gasteiger partial charge in [-0.2, -0.15) is 0 Å². The molecule has 4 N–H and O–H groups in total. The molecule has 0 saturated heterocycles. The molecule has 0 radical (unpaired) electrons. The van der Waals surface area contributed by atoms with Crippen molar-refractivity contribution in [2.24, 2.45) is 0 Å². The Morgan fingerprint density at radius 1 is 0.741 bits per heavy atom. The van der Waals surface area contributed by atoms with Gasteiger partial charge in [0.25, 0.3) is 0 Å². The van der Waals surface area contributed by atoms with Crippen LogP contribution in [0.5, 0.6) is 0 Å². The zero-order valence-corrected chi connectivity index (χ0v) is 19.3. The molecule has 0 aromatic rings. The van der Waals surface area contributed by atoms with Gasteiger partial charge in [-0.05, 0) is 27.7 Å². The molecule has 2 unspecified atom stereocenters. The van der Waals surface area contributed by atoms with E-state index < -0.39 is 49.2 Å². The Morgan fingerprint density at radius 3 is 1.30 bits per heavy atom. The third-order valence-corrected chi connectivity index (χ3v) is 7.61. The molecule has 0 aromatic carbocycles. The molecule has 10 nitrogen and oxygen atoms in total. The molecule has 0 amide bonds. The number of hydrogen-bond donors (Lipinski definition) is 4. The van der Waals surface area contributed by atoms with Gasteiger partial charge in [0.15, 0.2) is 0 Å². The molecular weight excluding hydrogens is 442 g/mol. The van der Waals surface area contributed by atoms with Crippen molar-refractivity contribution < 1.29 is 46.9 Å². The molecule has 0 aliphatic heterocycles. The second-order valence-electron chi connectivity index (χ2n) is 7.23. The predicted molar refractivity (Wildman–Crippen MR) is 104 cm³/mol. The minimum Gasteiger partial charge on any atom is -0.616 e. The average molecular weight is 472 g/mol. The zero-order valence-electron chi connectivity index (χ0n) is 15.9. The summed E-state index contributed by atoms with van der Waals surface area (Å²) in [6, 6.07) is 0. The normalized spacial score (nSPS) is 16.4. The van der Waals surface area contributed by atoms with Gasteiger partial charge in [0.2, 0.25) is 0 Å². The molecule has 0 aromatic heterocycles. The summed E-state index contributed by atoms with van der Waals surface area (Å²) in [6.45, 7) is 6.00. The molecule has 14 heteroatoms. The van der Waals surface area contributed by atoms with Gasteiger partial charge in [-0.1, -0.05) is 22.4 Å². The lowest BCUT2D eigenvalue weighted by Crippen LogP contribution is -2.29. The van der Waals surface area contributed by atoms with E-state index in [9.17, 15) is 18.2 Å². The largest absolute Gasteiger partial charge is 0.616 e. The maximum absolute atomic E-state index is 12.0. The summed E-state index contributed by atoms with van der Waals surface area (Å²) in [6.07, 6.45) is 0.822. The third-order valence-electron chi connectivity index (χ3n) is 3.34. The lowest BCUT2D eigenvalue weighted by atomic mass is 10.1. The van der Waals surface area contributed by atoms with Crippen LogP contribution in [0.3, 0.4) is 0 Å². The molecule has 0 fully saturated rings. The standard InChI is InChI=1S/C13H30O10P2S2/c1-12(2,22-24(14,15)16)6-10-26(20)8-5-9-27(21)11-7-13(3,4)23-25(17,18)19/h5-11H2,1-4H3,(H2,14,15,16)(H2,17,18,19). The van der Waals surface area contributed by atoms with Gasteiger partial charge >= 0.3 is 15.6 Å². The highest BCUT2D eigenvalue weighted by atomic mass is 32.2. The van der Waals surface area contributed by atoms with Crippen molar-refractivity contribution in [3.63, 3.8) is 0 Å². The molecule has 0 spiro atoms. The van der Waals surface area contributed by atoms with Crippen LogP contribution in [0.2, 0.25) is 0 Å². The minimum atomic E-state index is -4.61. The van der Waals surface area contributed by atoms with Crippen LogP contribution in [0.25, 0.3) is 0 Å². The first kappa shape index (κ1) is 27.8. The van der Waals surface area contributed by atoms with E-state index in [1.807, 2.05) is 0 Å². The van der Waals surface area contributed by atoms with E-state index in [0.29, 0.717) is 17.9 Å². The highest BCUT2D eigenvalue weighted by Crippen LogP contribution is 2.43. The Morgan fingerprint density at radius 2 is 1.04 bits per heavy atom. The van der Waals surface area contributed by atoms with Crippen LogP contribution >= 0.6 is 15.6 Å². The summed E-state index contributed by atoms with van der Waals surface area (Å²) >= 11 is -2.48. The number of phosphoric ester groups is 2. The average Bonchev–Trinajstić information content (AvgIpc) is 2.38. The van der Waals surface area contributed by atoms with Crippen LogP contribution in [0.4, 0.5) is 0 Å². The maximum Gasteiger partial charge on any atom is 0.470 e. The molecule has 0 heterocycles. The van der Waals surface area contributed by atoms with Gasteiger partial charge in [0.1, 0.15) is 23.0 Å². The van der Waals surface area contributed by atoms with Crippen LogP contribution in [0.1, 0.15) is 47.0 Å². The van der Waals surface area contributed by atoms with Gasteiger partial charge in [-0.25, -0.2) is 9.13 Å². The second kappa shape index (κ2) is 11.3. The Hall–Kier alpha value is 0.840. The third kappa shape index (κ3) is 17.4. The van der Waals surface area contributed by atoms with Crippen molar-refractivity contribution in [2.45, 2.75) is 58.2 Å². The van der Waals surface area contributed by atoms with Gasteiger partial charge in [-0.15, -0.1) is 0 Å². The van der Waals surface area contributed by atoms with Crippen LogP contribution in [-0.2, 0) is 40.5 Å². The Kier molecular flexibility index (Phi) is 11.6.